The molecule has 0 fully saturated rings. The predicted molar refractivity (Wildman–Crippen MR) is 117 cm³/mol. The van der Waals surface area contributed by atoms with Crippen LogP contribution in [0.5, 0.6) is 0 Å². The Kier molecular flexibility index (Phi) is 5.76. The average Bonchev–Trinajstić information content (AvgIpc) is 3.15. The van der Waals surface area contributed by atoms with Crippen molar-refractivity contribution in [1.82, 2.24) is 9.88 Å². The van der Waals surface area contributed by atoms with Crippen molar-refractivity contribution in [2.24, 2.45) is 0 Å². The number of H-pyrrole nitrogens is 1. The van der Waals surface area contributed by atoms with Gasteiger partial charge in [0.15, 0.2) is 0 Å². The van der Waals surface area contributed by atoms with Crippen LogP contribution < -0.4 is 0 Å². The molecule has 0 bridgehead atoms. The molecule has 1 aromatic heterocycles. The largest absolute Gasteiger partial charge is 0.361 e. The Morgan fingerprint density at radius 1 is 0.966 bits per heavy atom. The second kappa shape index (κ2) is 8.62. The minimum Gasteiger partial charge on any atom is -0.361 e. The third-order valence-electron chi connectivity index (χ3n) is 5.00. The third-order valence-corrected chi connectivity index (χ3v) is 5.50. The maximum absolute atomic E-state index is 14.3. The van der Waals surface area contributed by atoms with Crippen molar-refractivity contribution in [3.05, 3.63) is 106 Å². The predicted octanol–water partition coefficient (Wildman–Crippen LogP) is 5.95. The van der Waals surface area contributed by atoms with Crippen LogP contribution in [0.1, 0.15) is 21.5 Å². The number of fused-ring (bicyclic) bond motifs is 1. The normalized spacial score (nSPS) is 11.0. The molecule has 0 saturated heterocycles. The quantitative estimate of drug-likeness (QED) is 0.386. The molecule has 1 N–H and O–H groups in total. The van der Waals surface area contributed by atoms with Gasteiger partial charge in [-0.25, -0.2) is 4.39 Å². The number of para-hydroxylation sites is 1. The zero-order valence-corrected chi connectivity index (χ0v) is 17.3. The number of nitrogens with one attached hydrogen (secondary N) is 1. The molecule has 29 heavy (non-hydrogen) atoms. The van der Waals surface area contributed by atoms with Gasteiger partial charge in [0.25, 0.3) is 5.91 Å². The monoisotopic (exact) mass is 450 g/mol. The van der Waals surface area contributed by atoms with Crippen molar-refractivity contribution in [2.75, 3.05) is 6.54 Å². The second-order valence-corrected chi connectivity index (χ2v) is 7.85. The van der Waals surface area contributed by atoms with Crippen LogP contribution in [0.2, 0.25) is 0 Å². The van der Waals surface area contributed by atoms with E-state index in [1.807, 2.05) is 36.5 Å². The second-order valence-electron chi connectivity index (χ2n) is 6.94. The molecule has 4 rings (SSSR count). The van der Waals surface area contributed by atoms with Crippen molar-refractivity contribution in [3.63, 3.8) is 0 Å². The van der Waals surface area contributed by atoms with Crippen LogP contribution in [0.25, 0.3) is 10.9 Å². The van der Waals surface area contributed by atoms with Crippen LogP contribution in [-0.4, -0.2) is 22.3 Å². The van der Waals surface area contributed by atoms with Crippen molar-refractivity contribution >= 4 is 32.7 Å². The van der Waals surface area contributed by atoms with E-state index in [2.05, 4.69) is 27.0 Å². The van der Waals surface area contributed by atoms with Crippen LogP contribution in [0.3, 0.4) is 0 Å². The van der Waals surface area contributed by atoms with Gasteiger partial charge in [0.1, 0.15) is 5.82 Å². The summed E-state index contributed by atoms with van der Waals surface area (Å²) in [4.78, 5) is 18.2. The summed E-state index contributed by atoms with van der Waals surface area (Å²) in [6.07, 6.45) is 2.66. The molecular formula is C24H20BrFN2O. The first-order valence-electron chi connectivity index (χ1n) is 9.45. The van der Waals surface area contributed by atoms with E-state index in [0.717, 1.165) is 20.9 Å². The van der Waals surface area contributed by atoms with Crippen LogP contribution in [0.4, 0.5) is 4.39 Å². The molecule has 146 valence electrons. The molecule has 0 atom stereocenters. The minimum absolute atomic E-state index is 0.116. The Labute approximate surface area is 177 Å². The fourth-order valence-corrected chi connectivity index (χ4v) is 3.88. The first kappa shape index (κ1) is 19.4. The Hall–Kier alpha value is -2.92. The Morgan fingerprint density at radius 2 is 1.76 bits per heavy atom. The summed E-state index contributed by atoms with van der Waals surface area (Å²) in [7, 11) is 0. The molecule has 0 radical (unpaired) electrons. The molecule has 3 aromatic carbocycles. The van der Waals surface area contributed by atoms with E-state index in [9.17, 15) is 9.18 Å². The maximum atomic E-state index is 14.3. The smallest absolute Gasteiger partial charge is 0.254 e. The van der Waals surface area contributed by atoms with E-state index in [0.29, 0.717) is 24.1 Å². The van der Waals surface area contributed by atoms with E-state index in [-0.39, 0.29) is 18.3 Å². The molecule has 0 aliphatic heterocycles. The summed E-state index contributed by atoms with van der Waals surface area (Å²) >= 11 is 3.42. The zero-order chi connectivity index (χ0) is 20.2. The molecule has 0 aliphatic carbocycles. The summed E-state index contributed by atoms with van der Waals surface area (Å²) in [6, 6.07) is 22.0. The van der Waals surface area contributed by atoms with Gasteiger partial charge in [0.2, 0.25) is 0 Å². The van der Waals surface area contributed by atoms with E-state index >= 15 is 0 Å². The molecule has 4 aromatic rings. The Morgan fingerprint density at radius 3 is 2.59 bits per heavy atom. The Balaban J connectivity index is 1.60. The molecule has 0 saturated carbocycles. The van der Waals surface area contributed by atoms with E-state index < -0.39 is 0 Å². The van der Waals surface area contributed by atoms with E-state index in [1.54, 1.807) is 35.2 Å². The highest BCUT2D eigenvalue weighted by Gasteiger charge is 2.18. The molecule has 1 amide bonds. The lowest BCUT2D eigenvalue weighted by atomic mass is 10.1. The highest BCUT2D eigenvalue weighted by atomic mass is 79.9. The number of nitrogens with zero attached hydrogens (tertiary/aromatic N) is 1. The summed E-state index contributed by atoms with van der Waals surface area (Å²) in [5.41, 5.74) is 3.30. The zero-order valence-electron chi connectivity index (χ0n) is 15.7. The fourth-order valence-electron chi connectivity index (χ4n) is 3.48. The Bertz CT molecular complexity index is 1150. The fraction of sp³-hybridized carbons (Fsp3) is 0.125. The maximum Gasteiger partial charge on any atom is 0.254 e. The van der Waals surface area contributed by atoms with Crippen molar-refractivity contribution in [2.45, 2.75) is 13.0 Å². The molecular weight excluding hydrogens is 431 g/mol. The summed E-state index contributed by atoms with van der Waals surface area (Å²) < 4.78 is 15.1. The van der Waals surface area contributed by atoms with Gasteiger partial charge < -0.3 is 9.88 Å². The highest BCUT2D eigenvalue weighted by Crippen LogP contribution is 2.21. The summed E-state index contributed by atoms with van der Waals surface area (Å²) in [5, 5.41) is 1.15. The summed E-state index contributed by atoms with van der Waals surface area (Å²) in [5.74, 6) is -0.416. The minimum atomic E-state index is -0.299. The number of amides is 1. The molecule has 0 aliphatic rings. The number of aromatic nitrogens is 1. The van der Waals surface area contributed by atoms with Crippen molar-refractivity contribution in [1.29, 1.82) is 0 Å². The first-order chi connectivity index (χ1) is 14.1. The lowest BCUT2D eigenvalue weighted by Crippen LogP contribution is -2.32. The van der Waals surface area contributed by atoms with Gasteiger partial charge in [-0.05, 0) is 42.3 Å². The number of carbonyl (C=O) groups is 1. The molecule has 1 heterocycles. The SMILES string of the molecule is O=C(c1cccc(Br)c1)N(CCc1c[nH]c2ccccc12)Cc1ccccc1F. The van der Waals surface area contributed by atoms with Gasteiger partial charge in [-0.2, -0.15) is 0 Å². The van der Waals surface area contributed by atoms with Crippen molar-refractivity contribution in [3.8, 4) is 0 Å². The average molecular weight is 451 g/mol. The number of halogens is 2. The third kappa shape index (κ3) is 4.40. The lowest BCUT2D eigenvalue weighted by Gasteiger charge is -2.23. The van der Waals surface area contributed by atoms with Gasteiger partial charge in [-0.3, -0.25) is 4.79 Å². The summed E-state index contributed by atoms with van der Waals surface area (Å²) in [6.45, 7) is 0.710. The molecule has 3 nitrogen and oxygen atoms in total. The number of hydrogen-bond donors (Lipinski definition) is 1. The molecule has 0 spiro atoms. The van der Waals surface area contributed by atoms with Gasteiger partial charge in [-0.15, -0.1) is 0 Å². The highest BCUT2D eigenvalue weighted by molar-refractivity contribution is 9.10. The number of rotatable bonds is 6. The van der Waals surface area contributed by atoms with Gasteiger partial charge in [0, 0.05) is 45.8 Å². The van der Waals surface area contributed by atoms with Crippen LogP contribution in [-0.2, 0) is 13.0 Å². The van der Waals surface area contributed by atoms with Gasteiger partial charge in [0.05, 0.1) is 0 Å². The number of aromatic amines is 1. The molecule has 5 heteroatoms. The van der Waals surface area contributed by atoms with E-state index in [1.165, 1.54) is 6.07 Å². The number of benzene rings is 3. The topological polar surface area (TPSA) is 36.1 Å². The number of carbonyl (C=O) groups excluding carboxylic acids is 1. The van der Waals surface area contributed by atoms with Gasteiger partial charge in [-0.1, -0.05) is 58.4 Å². The number of hydrogen-bond acceptors (Lipinski definition) is 1. The standard InChI is InChI=1S/C24H20BrFN2O/c25-20-8-5-7-17(14-20)24(29)28(16-19-6-1-3-10-22(19)26)13-12-18-15-27-23-11-4-2-9-21(18)23/h1-11,14-15,27H,12-13,16H2. The van der Waals surface area contributed by atoms with Gasteiger partial charge >= 0.3 is 0 Å². The van der Waals surface area contributed by atoms with Crippen molar-refractivity contribution < 1.29 is 9.18 Å². The van der Waals surface area contributed by atoms with Crippen LogP contribution >= 0.6 is 15.9 Å². The first-order valence-corrected chi connectivity index (χ1v) is 10.2. The van der Waals surface area contributed by atoms with E-state index in [4.69, 9.17) is 0 Å². The van der Waals surface area contributed by atoms with Crippen LogP contribution in [0.15, 0.2) is 83.5 Å². The lowest BCUT2D eigenvalue weighted by molar-refractivity contribution is 0.0743. The van der Waals surface area contributed by atoms with Crippen LogP contribution in [0, 0.1) is 5.82 Å². The molecule has 0 unspecified atom stereocenters.